The van der Waals surface area contributed by atoms with Crippen LogP contribution in [0.2, 0.25) is 0 Å². The van der Waals surface area contributed by atoms with Gasteiger partial charge in [0.15, 0.2) is 5.82 Å². The molecular formula is C20H23N5. The third-order valence-corrected chi connectivity index (χ3v) is 3.96. The highest BCUT2D eigenvalue weighted by Gasteiger charge is 2.07. The second-order valence-corrected chi connectivity index (χ2v) is 6.05. The van der Waals surface area contributed by atoms with Crippen molar-refractivity contribution in [3.8, 4) is 11.5 Å². The molecule has 0 aliphatic carbocycles. The minimum atomic E-state index is 0.658. The Hall–Kier alpha value is -2.95. The average molecular weight is 333 g/mol. The van der Waals surface area contributed by atoms with Gasteiger partial charge in [0, 0.05) is 44.3 Å². The van der Waals surface area contributed by atoms with Crippen molar-refractivity contribution < 1.29 is 0 Å². The van der Waals surface area contributed by atoms with Crippen molar-refractivity contribution in [2.24, 2.45) is 0 Å². The smallest absolute Gasteiger partial charge is 0.180 e. The number of hydrogen-bond acceptors (Lipinski definition) is 5. The molecule has 1 aromatic carbocycles. The quantitative estimate of drug-likeness (QED) is 0.744. The zero-order valence-corrected chi connectivity index (χ0v) is 14.9. The van der Waals surface area contributed by atoms with Crippen LogP contribution < -0.4 is 10.2 Å². The minimum Gasteiger partial charge on any atom is -0.378 e. The molecule has 0 saturated carbocycles. The second-order valence-electron chi connectivity index (χ2n) is 6.05. The van der Waals surface area contributed by atoms with Gasteiger partial charge in [-0.15, -0.1) is 0 Å². The van der Waals surface area contributed by atoms with Crippen molar-refractivity contribution in [2.75, 3.05) is 24.3 Å². The van der Waals surface area contributed by atoms with Crippen LogP contribution in [0.25, 0.3) is 11.5 Å². The van der Waals surface area contributed by atoms with E-state index in [1.807, 2.05) is 38.4 Å². The molecule has 2 aromatic heterocycles. The van der Waals surface area contributed by atoms with Crippen LogP contribution in [0.15, 0.2) is 54.7 Å². The second kappa shape index (κ2) is 7.75. The molecule has 0 unspecified atom stereocenters. The lowest BCUT2D eigenvalue weighted by atomic mass is 10.2. The topological polar surface area (TPSA) is 53.9 Å². The predicted molar refractivity (Wildman–Crippen MR) is 103 cm³/mol. The van der Waals surface area contributed by atoms with Gasteiger partial charge >= 0.3 is 0 Å². The number of nitrogens with one attached hydrogen (secondary N) is 1. The van der Waals surface area contributed by atoms with E-state index in [2.05, 4.69) is 56.4 Å². The molecule has 0 bridgehead atoms. The molecule has 0 fully saturated rings. The van der Waals surface area contributed by atoms with Crippen LogP contribution in [0, 0.1) is 0 Å². The first-order valence-corrected chi connectivity index (χ1v) is 8.45. The molecule has 5 nitrogen and oxygen atoms in total. The molecule has 25 heavy (non-hydrogen) atoms. The summed E-state index contributed by atoms with van der Waals surface area (Å²) in [6.45, 7) is 2.81. The Morgan fingerprint density at radius 1 is 1.00 bits per heavy atom. The number of nitrogens with zero attached hydrogens (tertiary/aromatic N) is 4. The van der Waals surface area contributed by atoms with Gasteiger partial charge in [0.2, 0.25) is 0 Å². The van der Waals surface area contributed by atoms with Gasteiger partial charge in [-0.3, -0.25) is 4.98 Å². The van der Waals surface area contributed by atoms with E-state index in [0.29, 0.717) is 5.82 Å². The van der Waals surface area contributed by atoms with Crippen LogP contribution in [0.4, 0.5) is 11.5 Å². The van der Waals surface area contributed by atoms with Gasteiger partial charge in [-0.05, 0) is 36.2 Å². The first-order valence-electron chi connectivity index (χ1n) is 8.45. The molecule has 0 amide bonds. The van der Waals surface area contributed by atoms with Crippen LogP contribution in [-0.4, -0.2) is 29.0 Å². The van der Waals surface area contributed by atoms with E-state index in [-0.39, 0.29) is 0 Å². The van der Waals surface area contributed by atoms with Crippen molar-refractivity contribution in [1.29, 1.82) is 0 Å². The molecule has 1 N–H and O–H groups in total. The third kappa shape index (κ3) is 4.32. The van der Waals surface area contributed by atoms with Gasteiger partial charge in [-0.1, -0.05) is 25.1 Å². The largest absolute Gasteiger partial charge is 0.378 e. The maximum atomic E-state index is 4.62. The molecule has 0 spiro atoms. The monoisotopic (exact) mass is 333 g/mol. The fourth-order valence-corrected chi connectivity index (χ4v) is 2.48. The first kappa shape index (κ1) is 16.9. The summed E-state index contributed by atoms with van der Waals surface area (Å²) in [4.78, 5) is 15.7. The Morgan fingerprint density at radius 3 is 2.44 bits per heavy atom. The number of aromatic nitrogens is 3. The predicted octanol–water partition coefficient (Wildman–Crippen LogP) is 3.78. The first-order chi connectivity index (χ1) is 12.2. The van der Waals surface area contributed by atoms with Gasteiger partial charge in [0.05, 0.1) is 0 Å². The standard InChI is InChI=1S/C20H23N5/c1-4-16-13-19(24-20(23-16)18-7-5-6-12-21-18)22-14-15-8-10-17(11-9-15)25(2)3/h5-13H,4,14H2,1-3H3,(H,22,23,24). The molecule has 3 rings (SSSR count). The molecule has 0 atom stereocenters. The summed E-state index contributed by atoms with van der Waals surface area (Å²) in [5, 5.41) is 3.40. The summed E-state index contributed by atoms with van der Waals surface area (Å²) in [6.07, 6.45) is 2.62. The van der Waals surface area contributed by atoms with E-state index in [1.54, 1.807) is 6.20 Å². The maximum Gasteiger partial charge on any atom is 0.180 e. The minimum absolute atomic E-state index is 0.658. The molecule has 3 aromatic rings. The summed E-state index contributed by atoms with van der Waals surface area (Å²) in [7, 11) is 4.08. The van der Waals surface area contributed by atoms with E-state index in [9.17, 15) is 0 Å². The Labute approximate surface area is 148 Å². The lowest BCUT2D eigenvalue weighted by Crippen LogP contribution is -2.09. The Bertz CT molecular complexity index is 813. The molecule has 128 valence electrons. The van der Waals surface area contributed by atoms with Crippen LogP contribution >= 0.6 is 0 Å². The van der Waals surface area contributed by atoms with Gasteiger partial charge in [0.25, 0.3) is 0 Å². The molecule has 0 radical (unpaired) electrons. The molecule has 0 aliphatic heterocycles. The average Bonchev–Trinajstić information content (AvgIpc) is 2.67. The fraction of sp³-hybridized carbons (Fsp3) is 0.250. The summed E-state index contributed by atoms with van der Waals surface area (Å²) >= 11 is 0. The lowest BCUT2D eigenvalue weighted by molar-refractivity contribution is 0.986. The van der Waals surface area contributed by atoms with Crippen LogP contribution in [0.5, 0.6) is 0 Å². The zero-order valence-electron chi connectivity index (χ0n) is 14.9. The van der Waals surface area contributed by atoms with Crippen LogP contribution in [0.3, 0.4) is 0 Å². The highest BCUT2D eigenvalue weighted by Crippen LogP contribution is 2.17. The Balaban J connectivity index is 1.77. The molecule has 2 heterocycles. The van der Waals surface area contributed by atoms with E-state index >= 15 is 0 Å². The normalized spacial score (nSPS) is 10.5. The van der Waals surface area contributed by atoms with Gasteiger partial charge in [-0.2, -0.15) is 0 Å². The van der Waals surface area contributed by atoms with Crippen LogP contribution in [0.1, 0.15) is 18.2 Å². The van der Waals surface area contributed by atoms with Crippen molar-refractivity contribution in [1.82, 2.24) is 15.0 Å². The molecule has 0 aliphatic rings. The van der Waals surface area contributed by atoms with Crippen molar-refractivity contribution >= 4 is 11.5 Å². The number of hydrogen-bond donors (Lipinski definition) is 1. The summed E-state index contributed by atoms with van der Waals surface area (Å²) in [5.41, 5.74) is 4.19. The van der Waals surface area contributed by atoms with Crippen LogP contribution in [-0.2, 0) is 13.0 Å². The Morgan fingerprint density at radius 2 is 1.80 bits per heavy atom. The number of anilines is 2. The van der Waals surface area contributed by atoms with E-state index in [0.717, 1.165) is 30.2 Å². The van der Waals surface area contributed by atoms with E-state index in [4.69, 9.17) is 0 Å². The number of benzene rings is 1. The molecular weight excluding hydrogens is 310 g/mol. The molecule has 0 saturated heterocycles. The SMILES string of the molecule is CCc1cc(NCc2ccc(N(C)C)cc2)nc(-c2ccccn2)n1. The van der Waals surface area contributed by atoms with Gasteiger partial charge < -0.3 is 10.2 Å². The Kier molecular flexibility index (Phi) is 5.23. The summed E-state index contributed by atoms with van der Waals surface area (Å²) in [6, 6.07) is 16.3. The fourth-order valence-electron chi connectivity index (χ4n) is 2.48. The lowest BCUT2D eigenvalue weighted by Gasteiger charge is -2.13. The van der Waals surface area contributed by atoms with Gasteiger partial charge in [-0.25, -0.2) is 9.97 Å². The van der Waals surface area contributed by atoms with E-state index in [1.165, 1.54) is 11.3 Å². The third-order valence-electron chi connectivity index (χ3n) is 3.96. The van der Waals surface area contributed by atoms with Crippen molar-refractivity contribution in [2.45, 2.75) is 19.9 Å². The number of rotatable bonds is 6. The number of aryl methyl sites for hydroxylation is 1. The highest BCUT2D eigenvalue weighted by molar-refractivity contribution is 5.53. The zero-order chi connectivity index (χ0) is 17.6. The highest BCUT2D eigenvalue weighted by atomic mass is 15.1. The van der Waals surface area contributed by atoms with Crippen molar-refractivity contribution in [3.05, 3.63) is 66.0 Å². The summed E-state index contributed by atoms with van der Waals surface area (Å²) in [5.74, 6) is 1.48. The maximum absolute atomic E-state index is 4.62. The summed E-state index contributed by atoms with van der Waals surface area (Å²) < 4.78 is 0. The number of pyridine rings is 1. The van der Waals surface area contributed by atoms with Crippen molar-refractivity contribution in [3.63, 3.8) is 0 Å². The molecule has 5 heteroatoms. The van der Waals surface area contributed by atoms with Gasteiger partial charge in [0.1, 0.15) is 11.5 Å². The van der Waals surface area contributed by atoms with E-state index < -0.39 is 0 Å².